The fourth-order valence-corrected chi connectivity index (χ4v) is 3.99. The van der Waals surface area contributed by atoms with Gasteiger partial charge in [0.25, 0.3) is 5.91 Å². The van der Waals surface area contributed by atoms with Gasteiger partial charge in [-0.05, 0) is 68.1 Å². The van der Waals surface area contributed by atoms with Gasteiger partial charge in [-0.3, -0.25) is 4.79 Å². The Morgan fingerprint density at radius 2 is 1.79 bits per heavy atom. The second-order valence-electron chi connectivity index (χ2n) is 7.63. The van der Waals surface area contributed by atoms with Crippen molar-refractivity contribution in [3.63, 3.8) is 0 Å². The van der Waals surface area contributed by atoms with Crippen LogP contribution in [0.5, 0.6) is 11.5 Å². The smallest absolute Gasteiger partial charge is 0.276 e. The Balaban J connectivity index is 1.44. The van der Waals surface area contributed by atoms with Gasteiger partial charge in [0.15, 0.2) is 12.3 Å². The highest BCUT2D eigenvalue weighted by atomic mass is 16.5. The molecule has 0 saturated carbocycles. The summed E-state index contributed by atoms with van der Waals surface area (Å²) in [6, 6.07) is 12.2. The third-order valence-electron chi connectivity index (χ3n) is 5.58. The number of methoxy groups -OCH3 is 1. The normalized spacial score (nSPS) is 19.3. The molecule has 0 unspecified atom stereocenters. The van der Waals surface area contributed by atoms with E-state index in [0.717, 1.165) is 35.8 Å². The van der Waals surface area contributed by atoms with E-state index in [1.807, 2.05) is 41.3 Å². The van der Waals surface area contributed by atoms with E-state index in [9.17, 15) is 4.79 Å². The highest BCUT2D eigenvalue weighted by molar-refractivity contribution is 5.92. The van der Waals surface area contributed by atoms with Crippen molar-refractivity contribution in [3.8, 4) is 11.5 Å². The fourth-order valence-electron chi connectivity index (χ4n) is 3.99. The number of amides is 1. The molecule has 1 saturated heterocycles. The molecule has 2 aromatic carbocycles. The van der Waals surface area contributed by atoms with E-state index in [-0.39, 0.29) is 24.6 Å². The first-order valence-corrected chi connectivity index (χ1v) is 10.0. The van der Waals surface area contributed by atoms with Crippen LogP contribution >= 0.6 is 0 Å². The SMILES string of the molecule is COc1ccc2ccc(OCc3nc(C(=O)N4[C@H](C)CCC[C@@H]4C)co3)cc2c1. The molecule has 1 aliphatic heterocycles. The second kappa shape index (κ2) is 8.15. The third kappa shape index (κ3) is 4.06. The van der Waals surface area contributed by atoms with Gasteiger partial charge in [0, 0.05) is 12.1 Å². The number of piperidine rings is 1. The van der Waals surface area contributed by atoms with E-state index in [0.29, 0.717) is 17.3 Å². The summed E-state index contributed by atoms with van der Waals surface area (Å²) in [5, 5.41) is 2.13. The molecule has 6 heteroatoms. The van der Waals surface area contributed by atoms with Crippen LogP contribution in [0.4, 0.5) is 0 Å². The number of carbonyl (C=O) groups excluding carboxylic acids is 1. The second-order valence-corrected chi connectivity index (χ2v) is 7.63. The number of hydrogen-bond acceptors (Lipinski definition) is 5. The number of rotatable bonds is 5. The van der Waals surface area contributed by atoms with Crippen molar-refractivity contribution in [1.82, 2.24) is 9.88 Å². The Bertz CT molecular complexity index is 1000. The first-order chi connectivity index (χ1) is 14.0. The summed E-state index contributed by atoms with van der Waals surface area (Å²) in [6.45, 7) is 4.34. The molecule has 6 nitrogen and oxygen atoms in total. The van der Waals surface area contributed by atoms with Crippen LogP contribution in [-0.2, 0) is 6.61 Å². The predicted molar refractivity (Wildman–Crippen MR) is 110 cm³/mol. The maximum absolute atomic E-state index is 12.9. The summed E-state index contributed by atoms with van der Waals surface area (Å²) >= 11 is 0. The first-order valence-electron chi connectivity index (χ1n) is 10.0. The topological polar surface area (TPSA) is 64.8 Å². The summed E-state index contributed by atoms with van der Waals surface area (Å²) in [7, 11) is 1.65. The van der Waals surface area contributed by atoms with E-state index < -0.39 is 0 Å². The molecule has 1 aliphatic rings. The highest BCUT2D eigenvalue weighted by Crippen LogP contribution is 2.26. The summed E-state index contributed by atoms with van der Waals surface area (Å²) < 4.78 is 16.6. The molecule has 0 aliphatic carbocycles. The maximum atomic E-state index is 12.9. The summed E-state index contributed by atoms with van der Waals surface area (Å²) in [4.78, 5) is 19.1. The third-order valence-corrected chi connectivity index (χ3v) is 5.58. The van der Waals surface area contributed by atoms with Gasteiger partial charge in [0.1, 0.15) is 17.8 Å². The summed E-state index contributed by atoms with van der Waals surface area (Å²) in [6.07, 6.45) is 4.63. The molecule has 0 radical (unpaired) electrons. The molecule has 3 aromatic rings. The zero-order valence-corrected chi connectivity index (χ0v) is 17.1. The lowest BCUT2D eigenvalue weighted by atomic mass is 9.97. The maximum Gasteiger partial charge on any atom is 0.276 e. The quantitative estimate of drug-likeness (QED) is 0.621. The van der Waals surface area contributed by atoms with Crippen molar-refractivity contribution in [2.75, 3.05) is 7.11 Å². The summed E-state index contributed by atoms with van der Waals surface area (Å²) in [5.74, 6) is 1.82. The van der Waals surface area contributed by atoms with Crippen molar-refractivity contribution in [3.05, 3.63) is 54.2 Å². The lowest BCUT2D eigenvalue weighted by Crippen LogP contribution is -2.47. The number of nitrogens with zero attached hydrogens (tertiary/aromatic N) is 2. The van der Waals surface area contributed by atoms with Gasteiger partial charge in [0.05, 0.1) is 7.11 Å². The summed E-state index contributed by atoms with van der Waals surface area (Å²) in [5.41, 5.74) is 0.340. The number of likely N-dealkylation sites (tertiary alicyclic amines) is 1. The van der Waals surface area contributed by atoms with E-state index in [2.05, 4.69) is 18.8 Å². The van der Waals surface area contributed by atoms with Gasteiger partial charge in [-0.25, -0.2) is 4.98 Å². The number of aromatic nitrogens is 1. The van der Waals surface area contributed by atoms with Gasteiger partial charge in [-0.15, -0.1) is 0 Å². The first kappa shape index (κ1) is 19.3. The Morgan fingerprint density at radius 1 is 1.10 bits per heavy atom. The van der Waals surface area contributed by atoms with Crippen LogP contribution in [0.15, 0.2) is 47.1 Å². The largest absolute Gasteiger partial charge is 0.497 e. The highest BCUT2D eigenvalue weighted by Gasteiger charge is 2.31. The average Bonchev–Trinajstić information content (AvgIpc) is 3.20. The van der Waals surface area contributed by atoms with Crippen LogP contribution in [0.1, 0.15) is 49.5 Å². The molecule has 1 amide bonds. The van der Waals surface area contributed by atoms with Crippen molar-refractivity contribution >= 4 is 16.7 Å². The van der Waals surface area contributed by atoms with Crippen molar-refractivity contribution in [2.45, 2.75) is 51.8 Å². The molecule has 0 spiro atoms. The molecule has 0 bridgehead atoms. The molecule has 152 valence electrons. The van der Waals surface area contributed by atoms with Crippen LogP contribution < -0.4 is 9.47 Å². The molecule has 1 aromatic heterocycles. The molecular formula is C23H26N2O4. The Kier molecular flexibility index (Phi) is 5.43. The Hall–Kier alpha value is -3.02. The van der Waals surface area contributed by atoms with Crippen LogP contribution in [-0.4, -0.2) is 35.0 Å². The molecule has 0 N–H and O–H groups in total. The van der Waals surface area contributed by atoms with Gasteiger partial charge in [-0.2, -0.15) is 0 Å². The molecular weight excluding hydrogens is 368 g/mol. The van der Waals surface area contributed by atoms with E-state index in [4.69, 9.17) is 13.9 Å². The zero-order chi connectivity index (χ0) is 20.4. The fraction of sp³-hybridized carbons (Fsp3) is 0.391. The molecule has 4 rings (SSSR count). The van der Waals surface area contributed by atoms with E-state index in [1.54, 1.807) is 7.11 Å². The molecule has 29 heavy (non-hydrogen) atoms. The monoisotopic (exact) mass is 394 g/mol. The van der Waals surface area contributed by atoms with Crippen molar-refractivity contribution in [2.24, 2.45) is 0 Å². The van der Waals surface area contributed by atoms with Gasteiger partial charge >= 0.3 is 0 Å². The molecule has 2 heterocycles. The average molecular weight is 394 g/mol. The minimum atomic E-state index is -0.0718. The molecule has 2 atom stereocenters. The van der Waals surface area contributed by atoms with E-state index >= 15 is 0 Å². The van der Waals surface area contributed by atoms with Crippen LogP contribution in [0.2, 0.25) is 0 Å². The number of carbonyl (C=O) groups is 1. The van der Waals surface area contributed by atoms with Crippen molar-refractivity contribution < 1.29 is 18.7 Å². The lowest BCUT2D eigenvalue weighted by molar-refractivity contribution is 0.0504. The predicted octanol–water partition coefficient (Wildman–Crippen LogP) is 4.82. The number of oxazole rings is 1. The Labute approximate surface area is 170 Å². The Morgan fingerprint density at radius 3 is 2.52 bits per heavy atom. The lowest BCUT2D eigenvalue weighted by Gasteiger charge is -2.38. The van der Waals surface area contributed by atoms with Crippen LogP contribution in [0.25, 0.3) is 10.8 Å². The number of benzene rings is 2. The van der Waals surface area contributed by atoms with Crippen LogP contribution in [0.3, 0.4) is 0 Å². The van der Waals surface area contributed by atoms with E-state index in [1.165, 1.54) is 6.26 Å². The van der Waals surface area contributed by atoms with Gasteiger partial charge in [-0.1, -0.05) is 12.1 Å². The number of fused-ring (bicyclic) bond motifs is 1. The van der Waals surface area contributed by atoms with Crippen molar-refractivity contribution in [1.29, 1.82) is 0 Å². The zero-order valence-electron chi connectivity index (χ0n) is 17.1. The standard InChI is InChI=1S/C23H26N2O4/c1-15-5-4-6-16(2)25(15)23(26)21-13-29-22(24-21)14-28-20-10-8-17-7-9-19(27-3)11-18(17)12-20/h7-13,15-16H,4-6,14H2,1-3H3/t15-,16+. The number of ether oxygens (including phenoxy) is 2. The van der Waals surface area contributed by atoms with Crippen LogP contribution in [0, 0.1) is 0 Å². The van der Waals surface area contributed by atoms with Gasteiger partial charge in [0.2, 0.25) is 5.89 Å². The minimum Gasteiger partial charge on any atom is -0.497 e. The molecule has 1 fully saturated rings. The number of hydrogen-bond donors (Lipinski definition) is 0. The van der Waals surface area contributed by atoms with Gasteiger partial charge < -0.3 is 18.8 Å². The minimum absolute atomic E-state index is 0.0718.